The van der Waals surface area contributed by atoms with Crippen molar-refractivity contribution in [3.05, 3.63) is 375 Å². The molecule has 26 nitrogen and oxygen atoms in total. The van der Waals surface area contributed by atoms with E-state index in [4.69, 9.17) is 74.7 Å². The van der Waals surface area contributed by atoms with Crippen LogP contribution in [0.5, 0.6) is 0 Å². The molecule has 4 saturated heterocycles. The number of pyridine rings is 1. The number of thioether (sulfide) groups is 1. The molecule has 0 aliphatic carbocycles. The van der Waals surface area contributed by atoms with E-state index in [2.05, 4.69) is 20.9 Å². The topological polar surface area (TPSA) is 448 Å². The molecule has 16 rings (SSSR count). The Balaban J connectivity index is 0.000000160. The maximum absolute atomic E-state index is 15.8. The molecule has 742 valence electrons. The van der Waals surface area contributed by atoms with Gasteiger partial charge in [0.1, 0.15) is 58.6 Å². The molecule has 142 heavy (non-hydrogen) atoms. The van der Waals surface area contributed by atoms with Crippen LogP contribution < -0.4 is 0 Å². The predicted octanol–water partition coefficient (Wildman–Crippen LogP) is 19.8. The van der Waals surface area contributed by atoms with Gasteiger partial charge in [-0.05, 0) is 268 Å². The molecule has 5 aliphatic heterocycles. The summed E-state index contributed by atoms with van der Waals surface area (Å²) in [5.41, 5.74) is -5.95. The number of Topliss-reactive ketones (excluding diaryl/α,β-unsaturated/α-hetero) is 2. The molecular formula is C100H80BrCl6F5N2O24S4. The molecule has 10 aromatic carbocycles. The van der Waals surface area contributed by atoms with Crippen LogP contribution in [0.3, 0.4) is 0 Å². The van der Waals surface area contributed by atoms with Gasteiger partial charge in [-0.1, -0.05) is 97.7 Å². The third-order valence-corrected chi connectivity index (χ3v) is 32.3. The van der Waals surface area contributed by atoms with E-state index in [1.54, 1.807) is 23.9 Å². The van der Waals surface area contributed by atoms with Gasteiger partial charge in [-0.3, -0.25) is 43.4 Å². The lowest BCUT2D eigenvalue weighted by molar-refractivity contribution is -0.0567. The van der Waals surface area contributed by atoms with E-state index in [0.717, 1.165) is 71.7 Å². The molecule has 0 bridgehead atoms. The summed E-state index contributed by atoms with van der Waals surface area (Å²) in [6.45, 7) is -0.174. The molecule has 4 fully saturated rings. The molecule has 6 heterocycles. The van der Waals surface area contributed by atoms with Gasteiger partial charge < -0.3 is 35.7 Å². The molecule has 0 saturated carbocycles. The lowest BCUT2D eigenvalue weighted by Crippen LogP contribution is -2.44. The number of sulfone groups is 3. The molecular weight excluding hydrogens is 2130 g/mol. The number of halogens is 12. The van der Waals surface area contributed by atoms with Crippen molar-refractivity contribution in [1.82, 2.24) is 9.88 Å². The van der Waals surface area contributed by atoms with Crippen molar-refractivity contribution in [2.75, 3.05) is 46.0 Å². The van der Waals surface area contributed by atoms with Crippen LogP contribution in [0.2, 0.25) is 30.1 Å². The Morgan fingerprint density at radius 1 is 0.394 bits per heavy atom. The number of carbonyl (C=O) groups excluding carboxylic acids is 7. The van der Waals surface area contributed by atoms with Crippen molar-refractivity contribution in [3.8, 4) is 0 Å². The monoisotopic (exact) mass is 2200 g/mol. The smallest absolute Gasteiger partial charge is 0.336 e. The number of carbonyl (C=O) groups is 11. The summed E-state index contributed by atoms with van der Waals surface area (Å²) in [6.07, 6.45) is 1.60. The highest BCUT2D eigenvalue weighted by Gasteiger charge is 2.53. The largest absolute Gasteiger partial charge is 0.478 e. The summed E-state index contributed by atoms with van der Waals surface area (Å²) in [6, 6.07) is 42.5. The molecule has 0 radical (unpaired) electrons. The van der Waals surface area contributed by atoms with Gasteiger partial charge in [-0.2, -0.15) is 11.8 Å². The lowest BCUT2D eigenvalue weighted by atomic mass is 9.88. The highest BCUT2D eigenvalue weighted by Crippen LogP contribution is 2.47. The van der Waals surface area contributed by atoms with E-state index in [-0.39, 0.29) is 151 Å². The molecule has 1 amide bonds. The average Bonchev–Trinajstić information content (AvgIpc) is 1.55. The Hall–Kier alpha value is -11.3. The number of carboxylic acids is 4. The maximum Gasteiger partial charge on any atom is 0.336 e. The summed E-state index contributed by atoms with van der Waals surface area (Å²) >= 11 is 39.8. The van der Waals surface area contributed by atoms with Crippen molar-refractivity contribution in [2.45, 2.75) is 75.8 Å². The normalized spacial score (nSPS) is 17.0. The number of carboxylic acid groups (broad SMARTS) is 4. The summed E-state index contributed by atoms with van der Waals surface area (Å²) in [4.78, 5) is 141. The highest BCUT2D eigenvalue weighted by molar-refractivity contribution is 9.10. The maximum atomic E-state index is 15.8. The lowest BCUT2D eigenvalue weighted by Gasteiger charge is -2.34. The number of benzene rings is 10. The van der Waals surface area contributed by atoms with E-state index in [9.17, 15) is 126 Å². The number of amides is 1. The fourth-order valence-electron chi connectivity index (χ4n) is 16.6. The molecule has 3 atom stereocenters. The number of ketones is 6. The van der Waals surface area contributed by atoms with E-state index in [1.165, 1.54) is 146 Å². The number of rotatable bonds is 23. The Morgan fingerprint density at radius 3 is 1.06 bits per heavy atom. The van der Waals surface area contributed by atoms with Gasteiger partial charge in [-0.25, -0.2) is 66.4 Å². The van der Waals surface area contributed by atoms with Gasteiger partial charge in [0.25, 0.3) is 5.91 Å². The Morgan fingerprint density at radius 2 is 0.704 bits per heavy atom. The Kier molecular flexibility index (Phi) is 35.9. The first-order chi connectivity index (χ1) is 66.9. The third-order valence-electron chi connectivity index (χ3n) is 24.1. The van der Waals surface area contributed by atoms with Crippen molar-refractivity contribution in [3.63, 3.8) is 0 Å². The first-order valence-electron chi connectivity index (χ1n) is 43.0. The van der Waals surface area contributed by atoms with Crippen LogP contribution in [0.4, 0.5) is 22.0 Å². The van der Waals surface area contributed by atoms with Gasteiger partial charge >= 0.3 is 23.9 Å². The minimum atomic E-state index is -3.19. The second-order valence-corrected chi connectivity index (χ2v) is 45.1. The summed E-state index contributed by atoms with van der Waals surface area (Å²) in [5, 5.41) is 73.1. The molecule has 0 spiro atoms. The SMILES string of the molecule is O=C(O)c1cc(Br)cc(F)c1C(=O)c1ccc(Cl)cc1.O=C(O)c1cc(C(=O)C2CCS(=O)(=O)CC2)cc(F)c1C(=O)c1ccc(Cl)cc1.O=C(O)c1cc(C(O)C2CCS(=O)(=O)CC2)cc(F)c1C(=O)c1ccc(Cl)cc1.O=C(O)c1cc(C(O)C2CCSCC2)cc(F)c1C(=O)c1ccc(Cl)cc1.O=C(c1cc(F)c2c(c1)C(=O)N(Cc1ccc(Cl)cn1)C2(O)c1ccc(Cl)cc1)C1CCS(=O)(=O)CC1. The fraction of sp³-hybridized carbons (Fsp3) is 0.240. The highest BCUT2D eigenvalue weighted by atomic mass is 79.9. The first-order valence-corrected chi connectivity index (χ1v) is 52.7. The number of fused-ring (bicyclic) bond motifs is 1. The quantitative estimate of drug-likeness (QED) is 0.0231. The van der Waals surface area contributed by atoms with Crippen LogP contribution in [0, 0.1) is 52.8 Å². The average molecular weight is 2210 g/mol. The van der Waals surface area contributed by atoms with Gasteiger partial charge in [0.05, 0.1) is 120 Å². The molecule has 3 unspecified atom stereocenters. The van der Waals surface area contributed by atoms with E-state index < -0.39 is 203 Å². The van der Waals surface area contributed by atoms with Crippen molar-refractivity contribution >= 4 is 191 Å². The fourth-order valence-corrected chi connectivity index (χ4v) is 23.4. The van der Waals surface area contributed by atoms with E-state index in [0.29, 0.717) is 35.8 Å². The Bertz CT molecular complexity index is 7160. The van der Waals surface area contributed by atoms with Crippen LogP contribution in [-0.4, -0.2) is 181 Å². The van der Waals surface area contributed by atoms with Gasteiger partial charge in [-0.15, -0.1) is 0 Å². The van der Waals surface area contributed by atoms with Crippen LogP contribution in [0.1, 0.15) is 228 Å². The Labute approximate surface area is 851 Å². The molecule has 7 N–H and O–H groups in total. The van der Waals surface area contributed by atoms with Gasteiger partial charge in [0.2, 0.25) is 0 Å². The second kappa shape index (κ2) is 46.6. The molecule has 42 heteroatoms. The number of aliphatic hydroxyl groups is 3. The van der Waals surface area contributed by atoms with Crippen molar-refractivity contribution in [1.29, 1.82) is 0 Å². The van der Waals surface area contributed by atoms with Crippen molar-refractivity contribution in [2.24, 2.45) is 23.7 Å². The minimum Gasteiger partial charge on any atom is -0.478 e. The minimum absolute atomic E-state index is 0.00291. The standard InChI is InChI=1S/C26H21Cl2FN2O5S.C20H18ClFO6S.C20H16ClFO6S.C20H18ClFO4S.C14H7BrClFO3/c27-18-3-1-17(2-4-18)26(34)23-21(25(33)31(26)14-20-6-5-19(28)13-30-20)11-16(12-22(23)29)24(32)15-7-9-37(35,36)10-8-15;2*21-14-3-1-11(2-4-14)19(24)17-15(20(25)26)9-13(10-16(17)22)18(23)12-5-7-29(27,28)8-6-12;21-14-3-1-11(2-4-14)19(24)17-15(20(25)26)9-13(10-16(17)22)18(23)12-5-7-27-8-6-12;15-8-5-10(14(19)20)12(11(17)6-8)13(18)7-1-3-9(16)4-2-7/h1-6,11-13,15,34H,7-10,14H2;1-4,9-10,12,18,23H,5-8H2,(H,25,26);1-4,9-10,12H,5-8H2,(H,25,26);1-4,9-10,12,18,23H,5-8H2,(H,25,26);1-6H,(H,19,20). The zero-order valence-electron chi connectivity index (χ0n) is 73.7. The van der Waals surface area contributed by atoms with Crippen LogP contribution >= 0.6 is 97.3 Å². The number of aromatic carboxylic acids is 4. The number of hydrogen-bond donors (Lipinski definition) is 7. The number of aliphatic hydroxyl groups excluding tert-OH is 2. The number of aromatic nitrogens is 1. The van der Waals surface area contributed by atoms with Gasteiger partial charge in [0.15, 0.2) is 40.4 Å². The summed E-state index contributed by atoms with van der Waals surface area (Å²) in [5.74, 6) is -16.2. The van der Waals surface area contributed by atoms with Crippen LogP contribution in [0.15, 0.2) is 205 Å². The molecule has 5 aliphatic rings. The molecule has 1 aromatic heterocycles. The van der Waals surface area contributed by atoms with Crippen LogP contribution in [0.25, 0.3) is 0 Å². The number of hydrogen-bond acceptors (Lipinski definition) is 22. The van der Waals surface area contributed by atoms with Crippen molar-refractivity contribution < 1.29 is 136 Å². The zero-order chi connectivity index (χ0) is 104. The second-order valence-electron chi connectivity index (χ2n) is 33.4. The number of nitrogens with zero attached hydrogens (tertiary/aromatic N) is 2. The van der Waals surface area contributed by atoms with E-state index >= 15 is 4.39 Å². The van der Waals surface area contributed by atoms with E-state index in [1.807, 2.05) is 0 Å². The van der Waals surface area contributed by atoms with Crippen LogP contribution in [-0.2, 0) is 41.8 Å². The third kappa shape index (κ3) is 26.2. The summed E-state index contributed by atoms with van der Waals surface area (Å²) < 4.78 is 144. The predicted molar refractivity (Wildman–Crippen MR) is 523 cm³/mol. The first kappa shape index (κ1) is 109. The van der Waals surface area contributed by atoms with Gasteiger partial charge in [0, 0.05) is 86.6 Å². The molecule has 11 aromatic rings. The summed E-state index contributed by atoms with van der Waals surface area (Å²) in [7, 11) is -9.52. The zero-order valence-corrected chi connectivity index (χ0v) is 83.1.